The molecule has 0 aliphatic carbocycles. The van der Waals surface area contributed by atoms with Gasteiger partial charge in [0.2, 0.25) is 11.8 Å². The number of hydrogen-bond donors (Lipinski definition) is 1. The molecular weight excluding hydrogens is 366 g/mol. The van der Waals surface area contributed by atoms with Gasteiger partial charge in [-0.15, -0.1) is 6.42 Å². The molecule has 0 aromatic heterocycles. The van der Waals surface area contributed by atoms with Crippen LogP contribution in [0.15, 0.2) is 48.5 Å². The van der Waals surface area contributed by atoms with Crippen molar-refractivity contribution in [3.05, 3.63) is 59.7 Å². The highest BCUT2D eigenvalue weighted by Gasteiger charge is 2.52. The molecule has 0 saturated carbocycles. The Kier molecular flexibility index (Phi) is 4.59. The highest BCUT2D eigenvalue weighted by atomic mass is 16.2. The van der Waals surface area contributed by atoms with Gasteiger partial charge < -0.3 is 10.2 Å². The van der Waals surface area contributed by atoms with Crippen LogP contribution >= 0.6 is 0 Å². The molecule has 1 atom stereocenters. The van der Waals surface area contributed by atoms with Gasteiger partial charge in [0.15, 0.2) is 0 Å². The summed E-state index contributed by atoms with van der Waals surface area (Å²) in [4.78, 5) is 41.6. The van der Waals surface area contributed by atoms with Crippen molar-refractivity contribution in [1.29, 1.82) is 0 Å². The summed E-state index contributed by atoms with van der Waals surface area (Å²) in [5, 5.41) is 2.82. The van der Waals surface area contributed by atoms with E-state index in [1.165, 1.54) is 0 Å². The lowest BCUT2D eigenvalue weighted by molar-refractivity contribution is -0.117. The van der Waals surface area contributed by atoms with Crippen molar-refractivity contribution >= 4 is 29.1 Å². The van der Waals surface area contributed by atoms with Crippen LogP contribution in [0.25, 0.3) is 0 Å². The van der Waals surface area contributed by atoms with Gasteiger partial charge in [-0.25, -0.2) is 0 Å². The smallest absolute Gasteiger partial charge is 0.257 e. The van der Waals surface area contributed by atoms with E-state index in [0.717, 1.165) is 0 Å². The molecule has 1 saturated heterocycles. The topological polar surface area (TPSA) is 69.7 Å². The number of rotatable bonds is 4. The third-order valence-corrected chi connectivity index (χ3v) is 5.62. The van der Waals surface area contributed by atoms with E-state index in [9.17, 15) is 14.4 Å². The fourth-order valence-corrected chi connectivity index (χ4v) is 4.17. The number of benzene rings is 2. The number of carbonyl (C=O) groups is 3. The Bertz CT molecular complexity index is 1060. The molecule has 2 aliphatic heterocycles. The number of para-hydroxylation sites is 1. The van der Waals surface area contributed by atoms with E-state index in [0.29, 0.717) is 35.3 Å². The highest BCUT2D eigenvalue weighted by molar-refractivity contribution is 6.10. The Labute approximate surface area is 169 Å². The third kappa shape index (κ3) is 3.15. The monoisotopic (exact) mass is 387 g/mol. The number of carbonyl (C=O) groups excluding carboxylic acids is 3. The van der Waals surface area contributed by atoms with Gasteiger partial charge in [0, 0.05) is 30.6 Å². The molecule has 0 radical (unpaired) electrons. The van der Waals surface area contributed by atoms with E-state index >= 15 is 0 Å². The second-order valence-corrected chi connectivity index (χ2v) is 7.44. The Morgan fingerprint density at radius 2 is 2.00 bits per heavy atom. The largest absolute Gasteiger partial charge is 0.326 e. The van der Waals surface area contributed by atoms with Crippen molar-refractivity contribution in [3.8, 4) is 12.3 Å². The van der Waals surface area contributed by atoms with Crippen LogP contribution in [0.4, 0.5) is 11.4 Å². The van der Waals surface area contributed by atoms with Gasteiger partial charge in [0.25, 0.3) is 5.91 Å². The molecule has 146 valence electrons. The lowest BCUT2D eigenvalue weighted by atomic mass is 9.98. The van der Waals surface area contributed by atoms with Gasteiger partial charge in [-0.2, -0.15) is 0 Å². The van der Waals surface area contributed by atoms with Crippen LogP contribution in [0.1, 0.15) is 42.1 Å². The SMILES string of the molecule is C#Cc1cccc(NC(=O)CCN2C(=O)c3ccccc3N3C(=O)CCC23C)c1. The average molecular weight is 387 g/mol. The van der Waals surface area contributed by atoms with Crippen molar-refractivity contribution in [2.75, 3.05) is 16.8 Å². The third-order valence-electron chi connectivity index (χ3n) is 5.62. The zero-order valence-corrected chi connectivity index (χ0v) is 16.1. The zero-order chi connectivity index (χ0) is 20.6. The first kappa shape index (κ1) is 18.8. The second-order valence-electron chi connectivity index (χ2n) is 7.44. The van der Waals surface area contributed by atoms with Crippen molar-refractivity contribution < 1.29 is 14.4 Å². The lowest BCUT2D eigenvalue weighted by Gasteiger charge is -2.48. The second kappa shape index (κ2) is 7.10. The lowest BCUT2D eigenvalue weighted by Crippen LogP contribution is -2.62. The Morgan fingerprint density at radius 1 is 1.21 bits per heavy atom. The minimum absolute atomic E-state index is 0.00648. The number of nitrogens with zero attached hydrogens (tertiary/aromatic N) is 2. The molecule has 4 rings (SSSR count). The number of anilines is 2. The van der Waals surface area contributed by atoms with E-state index in [1.54, 1.807) is 52.3 Å². The average Bonchev–Trinajstić information content (AvgIpc) is 3.03. The summed E-state index contributed by atoms with van der Waals surface area (Å²) < 4.78 is 0. The van der Waals surface area contributed by atoms with Crippen molar-refractivity contribution in [2.45, 2.75) is 31.8 Å². The Hall–Kier alpha value is -3.59. The predicted octanol–water partition coefficient (Wildman–Crippen LogP) is 3.00. The number of nitrogens with one attached hydrogen (secondary N) is 1. The van der Waals surface area contributed by atoms with Crippen molar-refractivity contribution in [2.24, 2.45) is 0 Å². The molecule has 2 aromatic rings. The number of amides is 3. The number of hydrogen-bond acceptors (Lipinski definition) is 3. The molecule has 0 spiro atoms. The Morgan fingerprint density at radius 3 is 2.79 bits per heavy atom. The number of terminal acetylenes is 1. The van der Waals surface area contributed by atoms with Gasteiger partial charge in [-0.05, 0) is 43.7 Å². The van der Waals surface area contributed by atoms with Gasteiger partial charge >= 0.3 is 0 Å². The molecule has 1 N–H and O–H groups in total. The summed E-state index contributed by atoms with van der Waals surface area (Å²) in [6.07, 6.45) is 6.43. The van der Waals surface area contributed by atoms with Gasteiger partial charge in [-0.3, -0.25) is 19.3 Å². The van der Waals surface area contributed by atoms with E-state index in [4.69, 9.17) is 6.42 Å². The fraction of sp³-hybridized carbons (Fsp3) is 0.261. The molecular formula is C23H21N3O3. The summed E-state index contributed by atoms with van der Waals surface area (Å²) in [5.41, 5.74) is 1.67. The first-order valence-corrected chi connectivity index (χ1v) is 9.54. The maximum Gasteiger partial charge on any atom is 0.257 e. The van der Waals surface area contributed by atoms with Crippen molar-refractivity contribution in [1.82, 2.24) is 4.90 Å². The van der Waals surface area contributed by atoms with Gasteiger partial charge in [-0.1, -0.05) is 24.1 Å². The van der Waals surface area contributed by atoms with E-state index < -0.39 is 5.66 Å². The predicted molar refractivity (Wildman–Crippen MR) is 110 cm³/mol. The van der Waals surface area contributed by atoms with Crippen LogP contribution < -0.4 is 10.2 Å². The van der Waals surface area contributed by atoms with E-state index in [-0.39, 0.29) is 30.7 Å². The van der Waals surface area contributed by atoms with Crippen LogP contribution in [0.2, 0.25) is 0 Å². The number of fused-ring (bicyclic) bond motifs is 3. The summed E-state index contributed by atoms with van der Waals surface area (Å²) in [5.74, 6) is 2.15. The summed E-state index contributed by atoms with van der Waals surface area (Å²) in [7, 11) is 0. The minimum Gasteiger partial charge on any atom is -0.326 e. The molecule has 1 unspecified atom stereocenters. The Balaban J connectivity index is 1.54. The standard InChI is InChI=1S/C23H21N3O3/c1-3-16-7-6-8-17(15-16)24-20(27)12-14-25-22(29)18-9-4-5-10-19(18)26-21(28)11-13-23(25,26)2/h1,4-10,15H,11-14H2,2H3,(H,24,27). The fourth-order valence-electron chi connectivity index (χ4n) is 4.17. The quantitative estimate of drug-likeness (QED) is 0.820. The molecule has 0 bridgehead atoms. The van der Waals surface area contributed by atoms with Crippen LogP contribution in [0.3, 0.4) is 0 Å². The molecule has 29 heavy (non-hydrogen) atoms. The molecule has 2 aromatic carbocycles. The molecule has 3 amide bonds. The first-order valence-electron chi connectivity index (χ1n) is 9.54. The van der Waals surface area contributed by atoms with E-state index in [2.05, 4.69) is 11.2 Å². The maximum absolute atomic E-state index is 13.2. The molecule has 1 fully saturated rings. The van der Waals surface area contributed by atoms with Crippen LogP contribution in [-0.4, -0.2) is 34.8 Å². The molecule has 2 aliphatic rings. The van der Waals surface area contributed by atoms with Crippen LogP contribution in [-0.2, 0) is 9.59 Å². The van der Waals surface area contributed by atoms with Crippen LogP contribution in [0, 0.1) is 12.3 Å². The molecule has 2 heterocycles. The molecule has 6 nitrogen and oxygen atoms in total. The summed E-state index contributed by atoms with van der Waals surface area (Å²) in [6.45, 7) is 2.11. The first-order chi connectivity index (χ1) is 13.9. The minimum atomic E-state index is -0.758. The zero-order valence-electron chi connectivity index (χ0n) is 16.1. The normalized spacial score (nSPS) is 20.1. The summed E-state index contributed by atoms with van der Waals surface area (Å²) >= 11 is 0. The van der Waals surface area contributed by atoms with Crippen molar-refractivity contribution in [3.63, 3.8) is 0 Å². The van der Waals surface area contributed by atoms with Gasteiger partial charge in [0.1, 0.15) is 5.66 Å². The summed E-state index contributed by atoms with van der Waals surface area (Å²) in [6, 6.07) is 14.2. The highest BCUT2D eigenvalue weighted by Crippen LogP contribution is 2.43. The van der Waals surface area contributed by atoms with E-state index in [1.807, 2.05) is 13.0 Å². The molecule has 6 heteroatoms. The van der Waals surface area contributed by atoms with Gasteiger partial charge in [0.05, 0.1) is 11.3 Å². The van der Waals surface area contributed by atoms with Crippen LogP contribution in [0.5, 0.6) is 0 Å². The maximum atomic E-state index is 13.2.